The van der Waals surface area contributed by atoms with Crippen LogP contribution in [0.1, 0.15) is 23.5 Å². The fourth-order valence-corrected chi connectivity index (χ4v) is 4.49. The molecule has 2 aromatic heterocycles. The van der Waals surface area contributed by atoms with Gasteiger partial charge in [0.05, 0.1) is 43.5 Å². The number of thioether (sulfide) groups is 1. The number of aliphatic imine (C=N–C) groups is 2. The molecule has 4 heterocycles. The lowest BCUT2D eigenvalue weighted by Crippen LogP contribution is -2.42. The summed E-state index contributed by atoms with van der Waals surface area (Å²) in [6.45, 7) is 0.498. The molecule has 0 spiro atoms. The van der Waals surface area contributed by atoms with Gasteiger partial charge in [-0.1, -0.05) is 23.9 Å². The van der Waals surface area contributed by atoms with Crippen molar-refractivity contribution in [1.29, 1.82) is 0 Å². The molecule has 0 saturated carbocycles. The number of carbonyl (C=O) groups is 3. The predicted octanol–water partition coefficient (Wildman–Crippen LogP) is 2.59. The molecule has 0 aliphatic carbocycles. The normalized spacial score (nSPS) is 16.3. The van der Waals surface area contributed by atoms with Crippen molar-refractivity contribution in [2.45, 2.75) is 25.6 Å². The molecular formula is C24H21N5O5S. The minimum atomic E-state index is -0.883. The van der Waals surface area contributed by atoms with Crippen molar-refractivity contribution in [2.75, 3.05) is 5.75 Å². The lowest BCUT2D eigenvalue weighted by Gasteiger charge is -2.25. The third-order valence-corrected chi connectivity index (χ3v) is 6.28. The maximum absolute atomic E-state index is 13.3. The van der Waals surface area contributed by atoms with Crippen LogP contribution in [0.2, 0.25) is 0 Å². The number of hydrogen-bond donors (Lipinski definition) is 2. The van der Waals surface area contributed by atoms with Crippen molar-refractivity contribution in [3.63, 3.8) is 0 Å². The van der Waals surface area contributed by atoms with Gasteiger partial charge in [0.15, 0.2) is 5.17 Å². The van der Waals surface area contributed by atoms with Crippen molar-refractivity contribution >= 4 is 46.2 Å². The summed E-state index contributed by atoms with van der Waals surface area (Å²) in [4.78, 5) is 48.6. The number of nitrogens with zero attached hydrogens (tertiary/aromatic N) is 3. The van der Waals surface area contributed by atoms with Gasteiger partial charge in [0, 0.05) is 5.56 Å². The average molecular weight is 492 g/mol. The topological polar surface area (TPSA) is 130 Å². The van der Waals surface area contributed by atoms with Crippen LogP contribution in [-0.4, -0.2) is 45.4 Å². The third kappa shape index (κ3) is 5.04. The molecule has 178 valence electrons. The van der Waals surface area contributed by atoms with Crippen LogP contribution < -0.4 is 10.6 Å². The van der Waals surface area contributed by atoms with Gasteiger partial charge in [0.1, 0.15) is 23.4 Å². The van der Waals surface area contributed by atoms with E-state index in [4.69, 9.17) is 8.83 Å². The van der Waals surface area contributed by atoms with Crippen LogP contribution in [0, 0.1) is 0 Å². The summed E-state index contributed by atoms with van der Waals surface area (Å²) in [6, 6.07) is 13.4. The summed E-state index contributed by atoms with van der Waals surface area (Å²) in [6.07, 6.45) is 2.96. The molecule has 2 aliphatic rings. The van der Waals surface area contributed by atoms with Crippen LogP contribution in [0.15, 0.2) is 79.9 Å². The second-order valence-electron chi connectivity index (χ2n) is 7.76. The van der Waals surface area contributed by atoms with Crippen LogP contribution in [0.25, 0.3) is 0 Å². The van der Waals surface area contributed by atoms with Gasteiger partial charge >= 0.3 is 0 Å². The van der Waals surface area contributed by atoms with E-state index < -0.39 is 6.04 Å². The molecule has 0 bridgehead atoms. The summed E-state index contributed by atoms with van der Waals surface area (Å²) in [7, 11) is 0. The molecule has 3 aromatic rings. The number of benzene rings is 1. The van der Waals surface area contributed by atoms with Crippen molar-refractivity contribution in [3.8, 4) is 0 Å². The van der Waals surface area contributed by atoms with Gasteiger partial charge in [-0.25, -0.2) is 9.89 Å². The van der Waals surface area contributed by atoms with E-state index in [1.807, 2.05) is 24.3 Å². The number of carbonyl (C=O) groups excluding carboxylic acids is 3. The van der Waals surface area contributed by atoms with Crippen molar-refractivity contribution < 1.29 is 23.2 Å². The highest BCUT2D eigenvalue weighted by Gasteiger charge is 2.42. The van der Waals surface area contributed by atoms with E-state index in [1.54, 1.807) is 24.3 Å². The Balaban J connectivity index is 1.27. The zero-order valence-electron chi connectivity index (χ0n) is 18.5. The first-order chi connectivity index (χ1) is 17.1. The summed E-state index contributed by atoms with van der Waals surface area (Å²) in [5, 5.41) is 5.86. The van der Waals surface area contributed by atoms with E-state index in [0.29, 0.717) is 33.8 Å². The van der Waals surface area contributed by atoms with Gasteiger partial charge < -0.3 is 19.5 Å². The highest BCUT2D eigenvalue weighted by atomic mass is 32.2. The van der Waals surface area contributed by atoms with E-state index in [2.05, 4.69) is 20.6 Å². The van der Waals surface area contributed by atoms with Gasteiger partial charge in [-0.05, 0) is 36.4 Å². The summed E-state index contributed by atoms with van der Waals surface area (Å²) in [5.74, 6) is 0.836. The van der Waals surface area contributed by atoms with Gasteiger partial charge in [0.25, 0.3) is 5.91 Å². The Bertz CT molecular complexity index is 1300. The van der Waals surface area contributed by atoms with Gasteiger partial charge in [0.2, 0.25) is 11.8 Å². The fraction of sp³-hybridized carbons (Fsp3) is 0.208. The lowest BCUT2D eigenvalue weighted by molar-refractivity contribution is -0.128. The van der Waals surface area contributed by atoms with E-state index in [-0.39, 0.29) is 43.0 Å². The molecule has 0 saturated heterocycles. The molecule has 1 atom stereocenters. The van der Waals surface area contributed by atoms with Gasteiger partial charge in [-0.2, -0.15) is 0 Å². The zero-order valence-corrected chi connectivity index (χ0v) is 19.3. The van der Waals surface area contributed by atoms with Crippen molar-refractivity contribution in [1.82, 2.24) is 15.5 Å². The number of amides is 3. The maximum Gasteiger partial charge on any atom is 0.259 e. The summed E-state index contributed by atoms with van der Waals surface area (Å²) >= 11 is 1.13. The highest BCUT2D eigenvalue weighted by Crippen LogP contribution is 2.34. The predicted molar refractivity (Wildman–Crippen MR) is 129 cm³/mol. The molecule has 0 fully saturated rings. The summed E-state index contributed by atoms with van der Waals surface area (Å²) < 4.78 is 10.4. The lowest BCUT2D eigenvalue weighted by atomic mass is 10.1. The van der Waals surface area contributed by atoms with E-state index >= 15 is 0 Å². The van der Waals surface area contributed by atoms with Crippen LogP contribution in [0.3, 0.4) is 0 Å². The standard InChI is InChI=1S/C24H21N5O5S/c30-20(25-12-15-5-3-9-33-15)11-19-23(32)29-22(27-19)17-7-1-2-8-18(17)28-24(29)35-14-21(31)26-13-16-6-4-10-34-16/h1-10,19H,11-14H2,(H,25,30)(H,26,31)/t19-/m1/s1. The number of fused-ring (bicyclic) bond motifs is 3. The van der Waals surface area contributed by atoms with Crippen LogP contribution in [0.5, 0.6) is 0 Å². The van der Waals surface area contributed by atoms with Crippen LogP contribution in [-0.2, 0) is 27.5 Å². The quantitative estimate of drug-likeness (QED) is 0.498. The first-order valence-electron chi connectivity index (χ1n) is 10.9. The molecule has 2 N–H and O–H groups in total. The van der Waals surface area contributed by atoms with E-state index in [9.17, 15) is 14.4 Å². The smallest absolute Gasteiger partial charge is 0.259 e. The number of furan rings is 2. The van der Waals surface area contributed by atoms with Crippen LogP contribution in [0.4, 0.5) is 5.69 Å². The fourth-order valence-electron chi connectivity index (χ4n) is 3.66. The van der Waals surface area contributed by atoms with Crippen molar-refractivity contribution in [2.24, 2.45) is 9.98 Å². The number of nitrogens with one attached hydrogen (secondary N) is 2. The SMILES string of the molecule is O=C(CSC1=Nc2ccccc2C2=N[C@H](CC(=O)NCc3ccco3)C(=O)N12)NCc1ccco1. The number of para-hydroxylation sites is 1. The largest absolute Gasteiger partial charge is 0.467 e. The number of hydrogen-bond acceptors (Lipinski definition) is 8. The van der Waals surface area contributed by atoms with Crippen molar-refractivity contribution in [3.05, 3.63) is 78.1 Å². The molecule has 0 radical (unpaired) electrons. The highest BCUT2D eigenvalue weighted by molar-refractivity contribution is 8.14. The molecule has 10 nitrogen and oxygen atoms in total. The van der Waals surface area contributed by atoms with E-state index in [0.717, 1.165) is 11.8 Å². The molecular weight excluding hydrogens is 470 g/mol. The molecule has 5 rings (SSSR count). The number of amidine groups is 2. The minimum absolute atomic E-state index is 0.0487. The summed E-state index contributed by atoms with van der Waals surface area (Å²) in [5.41, 5.74) is 1.35. The first kappa shape index (κ1) is 22.7. The van der Waals surface area contributed by atoms with Gasteiger partial charge in [-0.3, -0.25) is 19.4 Å². The molecule has 2 aliphatic heterocycles. The molecule has 35 heavy (non-hydrogen) atoms. The molecule has 3 amide bonds. The molecule has 0 unspecified atom stereocenters. The monoisotopic (exact) mass is 491 g/mol. The minimum Gasteiger partial charge on any atom is -0.467 e. The van der Waals surface area contributed by atoms with Gasteiger partial charge in [-0.15, -0.1) is 0 Å². The Morgan fingerprint density at radius 3 is 2.31 bits per heavy atom. The molecule has 1 aromatic carbocycles. The first-order valence-corrected chi connectivity index (χ1v) is 11.9. The Morgan fingerprint density at radius 1 is 0.943 bits per heavy atom. The Kier molecular flexibility index (Phi) is 6.49. The Labute approximate surface area is 204 Å². The van der Waals surface area contributed by atoms with Crippen LogP contribution >= 0.6 is 11.8 Å². The van der Waals surface area contributed by atoms with E-state index in [1.165, 1.54) is 17.4 Å². The Morgan fingerprint density at radius 2 is 1.63 bits per heavy atom. The average Bonchev–Trinajstić information content (AvgIpc) is 3.63. The second kappa shape index (κ2) is 10.0. The number of rotatable bonds is 8. The molecule has 11 heteroatoms. The zero-order chi connectivity index (χ0) is 24.2. The second-order valence-corrected chi connectivity index (χ2v) is 8.70. The third-order valence-electron chi connectivity index (χ3n) is 5.34. The maximum atomic E-state index is 13.3. The Hall–Kier alpha value is -4.12.